The van der Waals surface area contributed by atoms with Crippen LogP contribution in [0.25, 0.3) is 44.5 Å². The lowest BCUT2D eigenvalue weighted by atomic mass is 9.95. The van der Waals surface area contributed by atoms with Gasteiger partial charge in [-0.2, -0.15) is 0 Å². The molecule has 0 bridgehead atoms. The number of hydrogen-bond donors (Lipinski definition) is 0. The summed E-state index contributed by atoms with van der Waals surface area (Å²) in [7, 11) is 0. The summed E-state index contributed by atoms with van der Waals surface area (Å²) in [4.78, 5) is 10.1. The zero-order chi connectivity index (χ0) is 30.5. The summed E-state index contributed by atoms with van der Waals surface area (Å²) in [6, 6.07) is 47.4. The fourth-order valence-electron chi connectivity index (χ4n) is 5.45. The summed E-state index contributed by atoms with van der Waals surface area (Å²) in [6.45, 7) is 8.45. The summed E-state index contributed by atoms with van der Waals surface area (Å²) < 4.78 is 0. The van der Waals surface area contributed by atoms with E-state index in [1.807, 2.05) is 12.4 Å². The first-order chi connectivity index (χ1) is 21.5. The highest BCUT2D eigenvalue weighted by Crippen LogP contribution is 2.41. The molecule has 0 radical (unpaired) electrons. The maximum Gasteiger partial charge on any atom is 0.0786 e. The van der Waals surface area contributed by atoms with Crippen LogP contribution in [0.4, 0.5) is 11.4 Å². The van der Waals surface area contributed by atoms with Gasteiger partial charge in [0.25, 0.3) is 0 Å². The quantitative estimate of drug-likeness (QED) is 0.171. The molecule has 0 heterocycles. The lowest BCUT2D eigenvalue weighted by molar-refractivity contribution is 1.44. The minimum atomic E-state index is 0.928. The van der Waals surface area contributed by atoms with Gasteiger partial charge >= 0.3 is 0 Å². The van der Waals surface area contributed by atoms with Gasteiger partial charge in [0, 0.05) is 34.7 Å². The van der Waals surface area contributed by atoms with E-state index in [9.17, 15) is 0 Å². The number of hydrogen-bond acceptors (Lipinski definition) is 2. The van der Waals surface area contributed by atoms with Gasteiger partial charge in [-0.1, -0.05) is 156 Å². The standard InChI is InChI=1S/C42H36N2/c1-29-11-19-33(20-12-29)37-7-5-8-38(34-21-13-30(2)14-22-34)41(37)43-27-28-44-42-39(35-23-15-31(3)16-24-35)9-6-10-40(42)36-25-17-32(4)18-26-36/h5-28H,1-4H3. The average molecular weight is 569 g/mol. The van der Waals surface area contributed by atoms with E-state index in [0.29, 0.717) is 0 Å². The molecule has 0 atom stereocenters. The van der Waals surface area contributed by atoms with E-state index >= 15 is 0 Å². The van der Waals surface area contributed by atoms with Crippen LogP contribution in [0, 0.1) is 27.7 Å². The number of para-hydroxylation sites is 2. The maximum atomic E-state index is 5.07. The Morgan fingerprint density at radius 3 is 0.773 bits per heavy atom. The molecule has 0 amide bonds. The van der Waals surface area contributed by atoms with Gasteiger partial charge in [-0.05, 0) is 49.9 Å². The fourth-order valence-corrected chi connectivity index (χ4v) is 5.45. The first-order valence-electron chi connectivity index (χ1n) is 15.1. The molecular weight excluding hydrogens is 532 g/mol. The van der Waals surface area contributed by atoms with Crippen LogP contribution in [-0.4, -0.2) is 12.4 Å². The van der Waals surface area contributed by atoms with E-state index in [1.54, 1.807) is 0 Å². The van der Waals surface area contributed by atoms with Gasteiger partial charge < -0.3 is 0 Å². The highest BCUT2D eigenvalue weighted by atomic mass is 14.8. The third kappa shape index (κ3) is 6.35. The molecule has 0 aliphatic rings. The minimum Gasteiger partial charge on any atom is -0.254 e. The van der Waals surface area contributed by atoms with Crippen LogP contribution in [0.1, 0.15) is 22.3 Å². The van der Waals surface area contributed by atoms with Crippen molar-refractivity contribution in [2.24, 2.45) is 9.98 Å². The van der Waals surface area contributed by atoms with Gasteiger partial charge in [0.2, 0.25) is 0 Å². The molecule has 0 aliphatic carbocycles. The van der Waals surface area contributed by atoms with Crippen molar-refractivity contribution >= 4 is 23.8 Å². The van der Waals surface area contributed by atoms with Crippen molar-refractivity contribution in [3.05, 3.63) is 156 Å². The van der Waals surface area contributed by atoms with Crippen LogP contribution in [-0.2, 0) is 0 Å². The van der Waals surface area contributed by atoms with Crippen molar-refractivity contribution in [1.29, 1.82) is 0 Å². The van der Waals surface area contributed by atoms with E-state index in [1.165, 1.54) is 22.3 Å². The van der Waals surface area contributed by atoms with Crippen LogP contribution in [0.5, 0.6) is 0 Å². The Morgan fingerprint density at radius 1 is 0.318 bits per heavy atom. The van der Waals surface area contributed by atoms with Crippen LogP contribution < -0.4 is 0 Å². The zero-order valence-corrected chi connectivity index (χ0v) is 25.8. The van der Waals surface area contributed by atoms with Gasteiger partial charge in [0.1, 0.15) is 0 Å². The normalized spacial score (nSPS) is 11.5. The second-order valence-electron chi connectivity index (χ2n) is 11.4. The summed E-state index contributed by atoms with van der Waals surface area (Å²) in [5.74, 6) is 0. The van der Waals surface area contributed by atoms with Crippen molar-refractivity contribution in [1.82, 2.24) is 0 Å². The summed E-state index contributed by atoms with van der Waals surface area (Å²) in [6.07, 6.45) is 3.66. The molecule has 0 unspecified atom stereocenters. The lowest BCUT2D eigenvalue weighted by Gasteiger charge is -2.13. The fraction of sp³-hybridized carbons (Fsp3) is 0.0952. The highest BCUT2D eigenvalue weighted by Gasteiger charge is 2.13. The van der Waals surface area contributed by atoms with Crippen LogP contribution in [0.2, 0.25) is 0 Å². The monoisotopic (exact) mass is 568 g/mol. The summed E-state index contributed by atoms with van der Waals surface area (Å²) in [5, 5.41) is 0. The Hall–Kier alpha value is -5.34. The van der Waals surface area contributed by atoms with Gasteiger partial charge in [0.05, 0.1) is 11.4 Å². The molecule has 0 saturated carbocycles. The second kappa shape index (κ2) is 12.9. The predicted molar refractivity (Wildman–Crippen MR) is 190 cm³/mol. The Kier molecular flexibility index (Phi) is 8.43. The van der Waals surface area contributed by atoms with Crippen LogP contribution in [0.15, 0.2) is 143 Å². The Morgan fingerprint density at radius 2 is 0.545 bits per heavy atom. The number of nitrogens with zero attached hydrogens (tertiary/aromatic N) is 2. The molecule has 0 fully saturated rings. The first kappa shape index (κ1) is 28.8. The number of benzene rings is 6. The van der Waals surface area contributed by atoms with Crippen molar-refractivity contribution < 1.29 is 0 Å². The smallest absolute Gasteiger partial charge is 0.0786 e. The van der Waals surface area contributed by atoms with E-state index in [0.717, 1.165) is 55.9 Å². The van der Waals surface area contributed by atoms with E-state index in [-0.39, 0.29) is 0 Å². The van der Waals surface area contributed by atoms with Crippen molar-refractivity contribution in [2.75, 3.05) is 0 Å². The largest absolute Gasteiger partial charge is 0.254 e. The number of aliphatic imine (C=N–C) groups is 2. The van der Waals surface area contributed by atoms with E-state index in [2.05, 4.69) is 161 Å². The molecule has 0 spiro atoms. The van der Waals surface area contributed by atoms with Gasteiger partial charge in [-0.25, -0.2) is 0 Å². The zero-order valence-electron chi connectivity index (χ0n) is 25.8. The van der Waals surface area contributed by atoms with E-state index in [4.69, 9.17) is 9.98 Å². The van der Waals surface area contributed by atoms with Crippen molar-refractivity contribution in [2.45, 2.75) is 27.7 Å². The molecule has 0 aliphatic heterocycles. The topological polar surface area (TPSA) is 24.7 Å². The molecule has 0 N–H and O–H groups in total. The Bertz CT molecular complexity index is 1670. The maximum absolute atomic E-state index is 5.07. The Balaban J connectivity index is 1.45. The molecule has 214 valence electrons. The molecule has 6 rings (SSSR count). The molecule has 6 aromatic rings. The van der Waals surface area contributed by atoms with Gasteiger partial charge in [-0.3, -0.25) is 9.98 Å². The summed E-state index contributed by atoms with van der Waals surface area (Å²) >= 11 is 0. The highest BCUT2D eigenvalue weighted by molar-refractivity contribution is 6.18. The minimum absolute atomic E-state index is 0.928. The first-order valence-corrected chi connectivity index (χ1v) is 15.1. The second-order valence-corrected chi connectivity index (χ2v) is 11.4. The molecule has 2 nitrogen and oxygen atoms in total. The third-order valence-corrected chi connectivity index (χ3v) is 8.00. The van der Waals surface area contributed by atoms with Crippen LogP contribution >= 0.6 is 0 Å². The third-order valence-electron chi connectivity index (χ3n) is 8.00. The van der Waals surface area contributed by atoms with Gasteiger partial charge in [-0.15, -0.1) is 0 Å². The lowest BCUT2D eigenvalue weighted by Crippen LogP contribution is -1.88. The van der Waals surface area contributed by atoms with Crippen molar-refractivity contribution in [3.63, 3.8) is 0 Å². The molecule has 0 saturated heterocycles. The molecule has 2 heteroatoms. The molecule has 44 heavy (non-hydrogen) atoms. The SMILES string of the molecule is Cc1ccc(-c2cccc(-c3ccc(C)cc3)c2N=CC=Nc2c(-c3ccc(C)cc3)cccc2-c2ccc(C)cc2)cc1. The molecule has 0 aromatic heterocycles. The Labute approximate surface area is 261 Å². The predicted octanol–water partition coefficient (Wildman–Crippen LogP) is 11.7. The summed E-state index contributed by atoms with van der Waals surface area (Å²) in [5.41, 5.74) is 15.7. The van der Waals surface area contributed by atoms with Crippen LogP contribution in [0.3, 0.4) is 0 Å². The molecular formula is C42H36N2. The molecule has 6 aromatic carbocycles. The number of rotatable bonds is 7. The van der Waals surface area contributed by atoms with Gasteiger partial charge in [0.15, 0.2) is 0 Å². The number of aryl methyl sites for hydroxylation is 4. The van der Waals surface area contributed by atoms with Crippen molar-refractivity contribution in [3.8, 4) is 44.5 Å². The average Bonchev–Trinajstić information content (AvgIpc) is 3.05. The van der Waals surface area contributed by atoms with E-state index < -0.39 is 0 Å².